The molecule has 1 amide bonds. The maximum Gasteiger partial charge on any atom is 0.319 e. The number of piperazine rings is 1. The van der Waals surface area contributed by atoms with E-state index in [-0.39, 0.29) is 74.5 Å². The van der Waals surface area contributed by atoms with Crippen LogP contribution in [0.1, 0.15) is 36.9 Å². The van der Waals surface area contributed by atoms with Gasteiger partial charge in [0, 0.05) is 47.7 Å². The number of carbonyl (C=O) groups excluding carboxylic acids is 1. The number of fused-ring (bicyclic) bond motifs is 4. The number of benzene rings is 3. The number of phenolic OH excluding ortho intramolecular Hbond substituents is 1. The molecule has 3 atom stereocenters. The van der Waals surface area contributed by atoms with Crippen molar-refractivity contribution in [2.45, 2.75) is 43.8 Å². The number of likely N-dealkylation sites (tertiary alicyclic amines) is 1. The quantitative estimate of drug-likeness (QED) is 0.139. The molecule has 0 radical (unpaired) electrons. The molecule has 2 unspecified atom stereocenters. The van der Waals surface area contributed by atoms with Gasteiger partial charge in [0.2, 0.25) is 0 Å². The Morgan fingerprint density at radius 1 is 1.11 bits per heavy atom. The van der Waals surface area contributed by atoms with E-state index in [1.165, 1.54) is 30.5 Å². The van der Waals surface area contributed by atoms with Crippen molar-refractivity contribution in [1.82, 2.24) is 24.8 Å². The van der Waals surface area contributed by atoms with Gasteiger partial charge in [-0.2, -0.15) is 9.97 Å². The molecule has 53 heavy (non-hydrogen) atoms. The summed E-state index contributed by atoms with van der Waals surface area (Å²) in [5.41, 5.74) is 0.104. The third kappa shape index (κ3) is 6.28. The van der Waals surface area contributed by atoms with Crippen LogP contribution in [0.25, 0.3) is 38.9 Å². The number of terminal acetylenes is 1. The van der Waals surface area contributed by atoms with Crippen molar-refractivity contribution in [3.8, 4) is 35.2 Å². The van der Waals surface area contributed by atoms with Crippen LogP contribution >= 0.6 is 11.6 Å². The van der Waals surface area contributed by atoms with Crippen LogP contribution in [0.3, 0.4) is 0 Å². The van der Waals surface area contributed by atoms with Crippen LogP contribution in [0, 0.1) is 24.0 Å². The van der Waals surface area contributed by atoms with Crippen LogP contribution < -0.4 is 9.64 Å². The first kappa shape index (κ1) is 34.7. The summed E-state index contributed by atoms with van der Waals surface area (Å²) in [7, 11) is 2.01. The van der Waals surface area contributed by atoms with Crippen molar-refractivity contribution in [3.63, 3.8) is 0 Å². The molecule has 1 N–H and O–H groups in total. The predicted molar refractivity (Wildman–Crippen MR) is 197 cm³/mol. The van der Waals surface area contributed by atoms with Crippen LogP contribution in [-0.2, 0) is 4.79 Å². The highest BCUT2D eigenvalue weighted by atomic mass is 35.5. The summed E-state index contributed by atoms with van der Waals surface area (Å²) in [6, 6.07) is 11.3. The molecule has 3 fully saturated rings. The Hall–Kier alpha value is -5.38. The van der Waals surface area contributed by atoms with Gasteiger partial charge in [0.05, 0.1) is 28.4 Å². The number of anilines is 1. The molecule has 9 nitrogen and oxygen atoms in total. The van der Waals surface area contributed by atoms with E-state index in [4.69, 9.17) is 27.7 Å². The van der Waals surface area contributed by atoms with Crippen LogP contribution in [0.4, 0.5) is 19.0 Å². The van der Waals surface area contributed by atoms with Gasteiger partial charge in [-0.3, -0.25) is 9.78 Å². The summed E-state index contributed by atoms with van der Waals surface area (Å²) < 4.78 is 53.6. The van der Waals surface area contributed by atoms with E-state index in [9.17, 15) is 14.3 Å². The van der Waals surface area contributed by atoms with E-state index in [1.54, 1.807) is 29.2 Å². The second-order valence-electron chi connectivity index (χ2n) is 13.8. The van der Waals surface area contributed by atoms with E-state index in [0.717, 1.165) is 25.5 Å². The molecule has 0 saturated carbocycles. The average molecular weight is 739 g/mol. The van der Waals surface area contributed by atoms with E-state index < -0.39 is 23.4 Å². The molecule has 2 bridgehead atoms. The zero-order chi connectivity index (χ0) is 37.0. The van der Waals surface area contributed by atoms with Gasteiger partial charge in [0.15, 0.2) is 11.6 Å². The number of ether oxygens (including phenoxy) is 1. The number of phenols is 1. The van der Waals surface area contributed by atoms with Gasteiger partial charge >= 0.3 is 6.01 Å². The molecule has 3 saturated heterocycles. The maximum absolute atomic E-state index is 17.2. The zero-order valence-corrected chi connectivity index (χ0v) is 29.5. The van der Waals surface area contributed by atoms with Crippen molar-refractivity contribution < 1.29 is 27.8 Å². The van der Waals surface area contributed by atoms with Gasteiger partial charge in [-0.05, 0) is 86.6 Å². The Morgan fingerprint density at radius 3 is 2.60 bits per heavy atom. The minimum atomic E-state index is -0.900. The topological polar surface area (TPSA) is 94.9 Å². The molecule has 2 aromatic heterocycles. The Kier molecular flexibility index (Phi) is 9.08. The lowest BCUT2D eigenvalue weighted by molar-refractivity contribution is -0.131. The molecule has 0 aliphatic carbocycles. The number of carbonyl (C=O) groups is 1. The number of hydrogen-bond donors (Lipinski definition) is 1. The molecule has 3 aliphatic heterocycles. The fourth-order valence-electron chi connectivity index (χ4n) is 8.02. The summed E-state index contributed by atoms with van der Waals surface area (Å²) in [6.45, 7) is 1.79. The minimum absolute atomic E-state index is 0.0428. The number of likely N-dealkylation sites (N-methyl/N-ethyl adjacent to an activating group) is 1. The van der Waals surface area contributed by atoms with Crippen molar-refractivity contribution in [2.24, 2.45) is 0 Å². The first-order valence-corrected chi connectivity index (χ1v) is 17.8. The third-order valence-corrected chi connectivity index (χ3v) is 10.9. The summed E-state index contributed by atoms with van der Waals surface area (Å²) in [5.74, 6) is -0.610. The van der Waals surface area contributed by atoms with Gasteiger partial charge in [0.25, 0.3) is 5.91 Å². The molecule has 270 valence electrons. The van der Waals surface area contributed by atoms with Crippen LogP contribution in [0.5, 0.6) is 11.8 Å². The predicted octanol–water partition coefficient (Wildman–Crippen LogP) is 7.13. The minimum Gasteiger partial charge on any atom is -0.508 e. The highest BCUT2D eigenvalue weighted by Gasteiger charge is 2.44. The summed E-state index contributed by atoms with van der Waals surface area (Å²) in [4.78, 5) is 32.6. The van der Waals surface area contributed by atoms with Crippen LogP contribution in [0.15, 0.2) is 60.6 Å². The van der Waals surface area contributed by atoms with E-state index >= 15 is 8.78 Å². The van der Waals surface area contributed by atoms with E-state index in [2.05, 4.69) is 20.8 Å². The molecule has 3 aromatic carbocycles. The zero-order valence-electron chi connectivity index (χ0n) is 28.7. The molecule has 5 heterocycles. The number of halogens is 4. The lowest BCUT2D eigenvalue weighted by atomic mass is 9.93. The van der Waals surface area contributed by atoms with Gasteiger partial charge in [0.1, 0.15) is 29.5 Å². The number of aromatic nitrogens is 3. The normalized spacial score (nSPS) is 20.4. The Balaban J connectivity index is 1.22. The highest BCUT2D eigenvalue weighted by molar-refractivity contribution is 6.35. The molecule has 5 aromatic rings. The van der Waals surface area contributed by atoms with Crippen molar-refractivity contribution in [1.29, 1.82) is 0 Å². The Bertz CT molecular complexity index is 2340. The monoisotopic (exact) mass is 738 g/mol. The molecular formula is C40H34ClF3N6O3. The van der Waals surface area contributed by atoms with Crippen molar-refractivity contribution in [3.05, 3.63) is 88.5 Å². The van der Waals surface area contributed by atoms with Gasteiger partial charge in [-0.1, -0.05) is 29.7 Å². The first-order valence-electron chi connectivity index (χ1n) is 17.4. The fourth-order valence-corrected chi connectivity index (χ4v) is 8.31. The third-order valence-electron chi connectivity index (χ3n) is 10.6. The molecular weight excluding hydrogens is 705 g/mol. The average Bonchev–Trinajstić information content (AvgIpc) is 3.68. The second kappa shape index (κ2) is 13.9. The highest BCUT2D eigenvalue weighted by Crippen LogP contribution is 2.44. The van der Waals surface area contributed by atoms with E-state index in [1.807, 2.05) is 11.9 Å². The number of hydrogen-bond acceptors (Lipinski definition) is 8. The molecule has 13 heteroatoms. The van der Waals surface area contributed by atoms with Gasteiger partial charge in [-0.25, -0.2) is 13.2 Å². The first-order chi connectivity index (χ1) is 25.6. The number of pyridine rings is 1. The lowest BCUT2D eigenvalue weighted by Gasteiger charge is -2.41. The standard InChI is InChI=1S/C40H34ClF3N6O3/c1-3-28-32(42)12-9-22-15-27(51)17-29(34(22)28)35-31(41)18-30-37(36(35)44)46-40(53-21-26-8-6-14-48(26)2)47-38(30)49-19-24-10-11-25(20-49)50(24)39(52)33(43)16-23-7-4-5-13-45-23/h1,4-5,7,9,12-13,15-18,24-26,51H,6,8,10-11,14,19-21H2,2H3/b33-16-/t24?,25?,26-/m0/s1. The molecule has 8 rings (SSSR count). The number of aromatic hydroxyl groups is 1. The fraction of sp³-hybridized carbons (Fsp3) is 0.300. The van der Waals surface area contributed by atoms with Gasteiger partial charge < -0.3 is 24.5 Å². The van der Waals surface area contributed by atoms with Crippen LogP contribution in [-0.4, -0.2) is 87.2 Å². The van der Waals surface area contributed by atoms with Crippen molar-refractivity contribution in [2.75, 3.05) is 38.2 Å². The lowest BCUT2D eigenvalue weighted by Crippen LogP contribution is -2.56. The SMILES string of the molecule is C#Cc1c(F)ccc2cc(O)cc(-c3c(Cl)cc4c(N5CC6CCC(C5)N6C(=O)/C(F)=C/c5ccccn5)nc(OC[C@@H]5CCCN5C)nc4c3F)c12. The number of nitrogens with zero attached hydrogens (tertiary/aromatic N) is 6. The molecule has 0 spiro atoms. The second-order valence-corrected chi connectivity index (χ2v) is 14.2. The maximum atomic E-state index is 17.2. The van der Waals surface area contributed by atoms with Crippen LogP contribution in [0.2, 0.25) is 5.02 Å². The van der Waals surface area contributed by atoms with Crippen molar-refractivity contribution >= 4 is 51.1 Å². The Morgan fingerprint density at radius 2 is 1.91 bits per heavy atom. The Labute approximate surface area is 308 Å². The summed E-state index contributed by atoms with van der Waals surface area (Å²) in [6.07, 6.45) is 11.6. The largest absolute Gasteiger partial charge is 0.508 e. The van der Waals surface area contributed by atoms with Gasteiger partial charge in [-0.15, -0.1) is 6.42 Å². The summed E-state index contributed by atoms with van der Waals surface area (Å²) >= 11 is 6.90. The smallest absolute Gasteiger partial charge is 0.319 e. The summed E-state index contributed by atoms with van der Waals surface area (Å²) in [5, 5.41) is 11.5. The molecule has 3 aliphatic rings. The number of amides is 1. The van der Waals surface area contributed by atoms with E-state index in [0.29, 0.717) is 42.8 Å². The number of rotatable bonds is 7.